The number of hydrogen-bond donors (Lipinski definition) is 2. The molecule has 2 N–H and O–H groups in total. The van der Waals surface area contributed by atoms with E-state index in [1.165, 1.54) is 6.26 Å². The summed E-state index contributed by atoms with van der Waals surface area (Å²) >= 11 is 0. The molecule has 0 aromatic heterocycles. The lowest BCUT2D eigenvalue weighted by Crippen LogP contribution is -2.21. The van der Waals surface area contributed by atoms with Crippen LogP contribution in [0.15, 0.2) is 24.5 Å². The quantitative estimate of drug-likeness (QED) is 0.687. The highest BCUT2D eigenvalue weighted by molar-refractivity contribution is 5.80. The van der Waals surface area contributed by atoms with E-state index in [0.29, 0.717) is 0 Å². The predicted octanol–water partition coefficient (Wildman–Crippen LogP) is 0.521. The average molecular weight is 200 g/mol. The van der Waals surface area contributed by atoms with E-state index in [1.807, 2.05) is 0 Å². The molecule has 14 heavy (non-hydrogen) atoms. The third-order valence-electron chi connectivity index (χ3n) is 1.54. The Labute approximate surface area is 79.0 Å². The molecular weight excluding hydrogens is 192 g/mol. The van der Waals surface area contributed by atoms with Crippen molar-refractivity contribution in [2.45, 2.75) is 6.42 Å². The summed E-state index contributed by atoms with van der Waals surface area (Å²) in [5.41, 5.74) is 0. The van der Waals surface area contributed by atoms with Gasteiger partial charge in [0.05, 0.1) is 6.42 Å². The Kier molecular flexibility index (Phi) is 3.11. The van der Waals surface area contributed by atoms with Crippen molar-refractivity contribution in [2.24, 2.45) is 5.92 Å². The smallest absolute Gasteiger partial charge is 0.314 e. The van der Waals surface area contributed by atoms with Crippen molar-refractivity contribution in [3.63, 3.8) is 0 Å². The molecule has 6 nitrogen and oxygen atoms in total. The fourth-order valence-corrected chi connectivity index (χ4v) is 0.921. The lowest BCUT2D eigenvalue weighted by molar-refractivity contribution is -0.148. The SMILES string of the molecule is O=C(O)CC(C(=O)O)C1=COC=CO1. The maximum Gasteiger partial charge on any atom is 0.314 e. The van der Waals surface area contributed by atoms with E-state index >= 15 is 0 Å². The molecule has 6 heteroatoms. The predicted molar refractivity (Wildman–Crippen MR) is 42.8 cm³/mol. The van der Waals surface area contributed by atoms with E-state index in [4.69, 9.17) is 14.9 Å². The Morgan fingerprint density at radius 1 is 1.36 bits per heavy atom. The number of rotatable bonds is 4. The van der Waals surface area contributed by atoms with Crippen LogP contribution >= 0.6 is 0 Å². The first-order valence-electron chi connectivity index (χ1n) is 3.73. The minimum atomic E-state index is -1.27. The molecule has 0 fully saturated rings. The highest BCUT2D eigenvalue weighted by Gasteiger charge is 2.28. The monoisotopic (exact) mass is 200 g/mol. The van der Waals surface area contributed by atoms with Gasteiger partial charge in [-0.25, -0.2) is 0 Å². The molecule has 1 atom stereocenters. The molecule has 1 aliphatic rings. The third-order valence-corrected chi connectivity index (χ3v) is 1.54. The number of hydrogen-bond acceptors (Lipinski definition) is 4. The van der Waals surface area contributed by atoms with Crippen LogP contribution in [0.1, 0.15) is 6.42 Å². The third kappa shape index (κ3) is 2.51. The van der Waals surface area contributed by atoms with Gasteiger partial charge in [0.25, 0.3) is 0 Å². The van der Waals surface area contributed by atoms with Gasteiger partial charge in [-0.15, -0.1) is 0 Å². The molecular formula is C8H8O6. The number of carboxylic acids is 2. The van der Waals surface area contributed by atoms with Crippen LogP contribution in [0.2, 0.25) is 0 Å². The molecule has 76 valence electrons. The van der Waals surface area contributed by atoms with E-state index in [1.54, 1.807) is 0 Å². The van der Waals surface area contributed by atoms with Crippen molar-refractivity contribution in [2.75, 3.05) is 0 Å². The molecule has 0 saturated heterocycles. The van der Waals surface area contributed by atoms with Crippen LogP contribution in [0.3, 0.4) is 0 Å². The van der Waals surface area contributed by atoms with Gasteiger partial charge >= 0.3 is 11.9 Å². The zero-order chi connectivity index (χ0) is 10.6. The van der Waals surface area contributed by atoms with Gasteiger partial charge in [-0.1, -0.05) is 0 Å². The summed E-state index contributed by atoms with van der Waals surface area (Å²) in [4.78, 5) is 21.0. The van der Waals surface area contributed by atoms with Crippen molar-refractivity contribution < 1.29 is 29.3 Å². The lowest BCUT2D eigenvalue weighted by atomic mass is 10.0. The van der Waals surface area contributed by atoms with Crippen LogP contribution in [0.5, 0.6) is 0 Å². The summed E-state index contributed by atoms with van der Waals surface area (Å²) < 4.78 is 9.48. The van der Waals surface area contributed by atoms with Gasteiger partial charge in [-0.3, -0.25) is 9.59 Å². The summed E-state index contributed by atoms with van der Waals surface area (Å²) in [5.74, 6) is -3.73. The maximum atomic E-state index is 10.7. The molecule has 0 aromatic carbocycles. The van der Waals surface area contributed by atoms with E-state index in [9.17, 15) is 9.59 Å². The molecule has 0 spiro atoms. The molecule has 0 radical (unpaired) electrons. The van der Waals surface area contributed by atoms with Gasteiger partial charge in [0, 0.05) is 0 Å². The Morgan fingerprint density at radius 3 is 2.50 bits per heavy atom. The van der Waals surface area contributed by atoms with Crippen molar-refractivity contribution in [3.05, 3.63) is 24.5 Å². The highest BCUT2D eigenvalue weighted by Crippen LogP contribution is 2.20. The Morgan fingerprint density at radius 2 is 2.07 bits per heavy atom. The standard InChI is InChI=1S/C8H8O6/c9-7(10)3-5(8(11)12)6-4-13-1-2-14-6/h1-2,4-5H,3H2,(H,9,10)(H,11,12). The molecule has 1 rings (SSSR count). The fourth-order valence-electron chi connectivity index (χ4n) is 0.921. The minimum absolute atomic E-state index is 0.0256. The van der Waals surface area contributed by atoms with E-state index in [2.05, 4.69) is 4.74 Å². The topological polar surface area (TPSA) is 93.1 Å². The minimum Gasteiger partial charge on any atom is -0.481 e. The van der Waals surface area contributed by atoms with E-state index in [0.717, 1.165) is 12.5 Å². The molecule has 0 saturated carbocycles. The summed E-state index contributed by atoms with van der Waals surface area (Å²) in [5, 5.41) is 17.2. The molecule has 1 heterocycles. The number of aliphatic carboxylic acids is 2. The lowest BCUT2D eigenvalue weighted by Gasteiger charge is -2.15. The van der Waals surface area contributed by atoms with Crippen molar-refractivity contribution >= 4 is 11.9 Å². The Balaban J connectivity index is 2.72. The second-order valence-corrected chi connectivity index (χ2v) is 2.54. The van der Waals surface area contributed by atoms with E-state index < -0.39 is 24.3 Å². The van der Waals surface area contributed by atoms with Gasteiger partial charge in [0.15, 0.2) is 5.76 Å². The van der Waals surface area contributed by atoms with Crippen LogP contribution < -0.4 is 0 Å². The highest BCUT2D eigenvalue weighted by atomic mass is 16.5. The van der Waals surface area contributed by atoms with Crippen molar-refractivity contribution in [1.29, 1.82) is 0 Å². The van der Waals surface area contributed by atoms with Crippen LogP contribution in [0, 0.1) is 5.92 Å². The molecule has 1 unspecified atom stereocenters. The Hall–Kier alpha value is -1.98. The molecule has 0 amide bonds. The van der Waals surface area contributed by atoms with Gasteiger partial charge in [0.1, 0.15) is 24.7 Å². The van der Waals surface area contributed by atoms with Crippen LogP contribution in [0.25, 0.3) is 0 Å². The average Bonchev–Trinajstić information content (AvgIpc) is 2.15. The second kappa shape index (κ2) is 4.31. The van der Waals surface area contributed by atoms with Gasteiger partial charge in [0.2, 0.25) is 0 Å². The number of ether oxygens (including phenoxy) is 2. The maximum absolute atomic E-state index is 10.7. The van der Waals surface area contributed by atoms with Gasteiger partial charge < -0.3 is 19.7 Å². The molecule has 0 aromatic rings. The largest absolute Gasteiger partial charge is 0.481 e. The zero-order valence-corrected chi connectivity index (χ0v) is 7.04. The zero-order valence-electron chi connectivity index (χ0n) is 7.04. The van der Waals surface area contributed by atoms with E-state index in [-0.39, 0.29) is 5.76 Å². The number of carbonyl (C=O) groups is 2. The second-order valence-electron chi connectivity index (χ2n) is 2.54. The van der Waals surface area contributed by atoms with Crippen LogP contribution in [-0.2, 0) is 19.1 Å². The van der Waals surface area contributed by atoms with Gasteiger partial charge in [-0.05, 0) is 0 Å². The first-order chi connectivity index (χ1) is 6.61. The number of carboxylic acid groups (broad SMARTS) is 2. The van der Waals surface area contributed by atoms with Gasteiger partial charge in [-0.2, -0.15) is 0 Å². The first-order valence-corrected chi connectivity index (χ1v) is 3.73. The molecule has 1 aliphatic heterocycles. The normalized spacial score (nSPS) is 16.1. The summed E-state index contributed by atoms with van der Waals surface area (Å²) in [6.07, 6.45) is 2.89. The van der Waals surface area contributed by atoms with Crippen LogP contribution in [-0.4, -0.2) is 22.2 Å². The Bertz CT molecular complexity index is 303. The van der Waals surface area contributed by atoms with Crippen molar-refractivity contribution in [1.82, 2.24) is 0 Å². The fraction of sp³-hybridized carbons (Fsp3) is 0.250. The first kappa shape index (κ1) is 10.1. The van der Waals surface area contributed by atoms with Crippen LogP contribution in [0.4, 0.5) is 0 Å². The van der Waals surface area contributed by atoms with Crippen molar-refractivity contribution in [3.8, 4) is 0 Å². The molecule has 0 aliphatic carbocycles. The molecule has 0 bridgehead atoms. The summed E-state index contributed by atoms with van der Waals surface area (Å²) in [6.45, 7) is 0. The summed E-state index contributed by atoms with van der Waals surface area (Å²) in [7, 11) is 0. The summed E-state index contributed by atoms with van der Waals surface area (Å²) in [6, 6.07) is 0.